The summed E-state index contributed by atoms with van der Waals surface area (Å²) >= 11 is 0. The number of aromatic nitrogens is 2. The first kappa shape index (κ1) is 12.9. The Morgan fingerprint density at radius 2 is 1.94 bits per heavy atom. The van der Waals surface area contributed by atoms with Gasteiger partial charge in [-0.2, -0.15) is 18.2 Å². The van der Waals surface area contributed by atoms with Gasteiger partial charge in [0.05, 0.1) is 13.2 Å². The normalized spacial score (nSPS) is 17.7. The molecule has 0 atom stereocenters. The summed E-state index contributed by atoms with van der Waals surface area (Å²) in [6.45, 7) is 1.05. The summed E-state index contributed by atoms with van der Waals surface area (Å²) in [6, 6.07) is 0.756. The fourth-order valence-electron chi connectivity index (χ4n) is 1.61. The van der Waals surface area contributed by atoms with Crippen molar-refractivity contribution >= 4 is 5.95 Å². The van der Waals surface area contributed by atoms with E-state index in [2.05, 4.69) is 9.97 Å². The molecule has 1 aromatic heterocycles. The molecule has 0 saturated carbocycles. The molecule has 0 unspecified atom stereocenters. The van der Waals surface area contributed by atoms with Crippen LogP contribution in [0.15, 0.2) is 6.07 Å². The lowest BCUT2D eigenvalue weighted by Crippen LogP contribution is -2.26. The molecular weight excluding hydrogens is 251 g/mol. The van der Waals surface area contributed by atoms with Crippen LogP contribution in [-0.4, -0.2) is 29.3 Å². The van der Waals surface area contributed by atoms with Crippen molar-refractivity contribution in [3.05, 3.63) is 11.8 Å². The minimum absolute atomic E-state index is 0.151. The molecule has 0 radical (unpaired) electrons. The molecule has 0 bridgehead atoms. The second-order valence-corrected chi connectivity index (χ2v) is 3.88. The van der Waals surface area contributed by atoms with Crippen LogP contribution in [0.5, 0.6) is 5.88 Å². The number of nitrogen functional groups attached to an aromatic ring is 1. The van der Waals surface area contributed by atoms with E-state index >= 15 is 0 Å². The molecule has 2 heterocycles. The SMILES string of the molecule is Nc1nc(OC2CCOCC2)cc(C(F)(F)F)n1. The lowest BCUT2D eigenvalue weighted by atomic mass is 10.1. The Balaban J connectivity index is 2.14. The molecule has 1 fully saturated rings. The van der Waals surface area contributed by atoms with Crippen molar-refractivity contribution in [2.24, 2.45) is 0 Å². The molecule has 0 spiro atoms. The summed E-state index contributed by atoms with van der Waals surface area (Å²) in [7, 11) is 0. The van der Waals surface area contributed by atoms with Crippen LogP contribution in [0.1, 0.15) is 18.5 Å². The first-order chi connectivity index (χ1) is 8.45. The third-order valence-corrected chi connectivity index (χ3v) is 2.47. The zero-order valence-electron chi connectivity index (χ0n) is 9.41. The average molecular weight is 263 g/mol. The van der Waals surface area contributed by atoms with Crippen molar-refractivity contribution in [3.63, 3.8) is 0 Å². The predicted molar refractivity (Wildman–Crippen MR) is 55.9 cm³/mol. The number of nitrogens with zero attached hydrogens (tertiary/aromatic N) is 2. The minimum Gasteiger partial charge on any atom is -0.474 e. The van der Waals surface area contributed by atoms with Gasteiger partial charge in [-0.05, 0) is 0 Å². The molecule has 2 rings (SSSR count). The Hall–Kier alpha value is -1.57. The molecule has 100 valence electrons. The van der Waals surface area contributed by atoms with Crippen LogP contribution in [-0.2, 0) is 10.9 Å². The highest BCUT2D eigenvalue weighted by Gasteiger charge is 2.34. The van der Waals surface area contributed by atoms with Crippen molar-refractivity contribution in [2.45, 2.75) is 25.1 Å². The van der Waals surface area contributed by atoms with Crippen LogP contribution >= 0.6 is 0 Å². The number of rotatable bonds is 2. The van der Waals surface area contributed by atoms with Gasteiger partial charge < -0.3 is 15.2 Å². The van der Waals surface area contributed by atoms with Crippen LogP contribution in [0.4, 0.5) is 19.1 Å². The molecule has 1 aliphatic heterocycles. The fraction of sp³-hybridized carbons (Fsp3) is 0.600. The molecule has 0 amide bonds. The van der Waals surface area contributed by atoms with Gasteiger partial charge in [-0.25, -0.2) is 4.98 Å². The van der Waals surface area contributed by atoms with Crippen molar-refractivity contribution in [1.82, 2.24) is 9.97 Å². The summed E-state index contributed by atoms with van der Waals surface area (Å²) < 4.78 is 48.0. The molecule has 8 heteroatoms. The topological polar surface area (TPSA) is 70.3 Å². The highest BCUT2D eigenvalue weighted by molar-refractivity contribution is 5.27. The zero-order chi connectivity index (χ0) is 13.2. The van der Waals surface area contributed by atoms with E-state index in [9.17, 15) is 13.2 Å². The molecule has 0 aliphatic carbocycles. The minimum atomic E-state index is -4.56. The van der Waals surface area contributed by atoms with E-state index in [1.165, 1.54) is 0 Å². The number of ether oxygens (including phenoxy) is 2. The van der Waals surface area contributed by atoms with Crippen molar-refractivity contribution in [2.75, 3.05) is 18.9 Å². The molecule has 1 saturated heterocycles. The molecular formula is C10H12F3N3O2. The molecule has 18 heavy (non-hydrogen) atoms. The summed E-state index contributed by atoms with van der Waals surface area (Å²) in [4.78, 5) is 6.78. The summed E-state index contributed by atoms with van der Waals surface area (Å²) in [5.41, 5.74) is 4.13. The Kier molecular flexibility index (Phi) is 3.55. The Bertz CT molecular complexity index is 419. The van der Waals surface area contributed by atoms with Gasteiger partial charge in [0.2, 0.25) is 11.8 Å². The molecule has 5 nitrogen and oxygen atoms in total. The summed E-state index contributed by atoms with van der Waals surface area (Å²) in [5.74, 6) is -0.603. The quantitative estimate of drug-likeness (QED) is 0.878. The van der Waals surface area contributed by atoms with E-state index in [1.807, 2.05) is 0 Å². The van der Waals surface area contributed by atoms with Gasteiger partial charge in [-0.1, -0.05) is 0 Å². The van der Waals surface area contributed by atoms with Gasteiger partial charge >= 0.3 is 6.18 Å². The number of hydrogen-bond donors (Lipinski definition) is 1. The first-order valence-corrected chi connectivity index (χ1v) is 5.41. The Morgan fingerprint density at radius 3 is 2.56 bits per heavy atom. The third-order valence-electron chi connectivity index (χ3n) is 2.47. The van der Waals surface area contributed by atoms with E-state index < -0.39 is 17.8 Å². The number of halogens is 3. The summed E-state index contributed by atoms with van der Waals surface area (Å²) in [6.07, 6.45) is -3.53. The molecule has 2 N–H and O–H groups in total. The number of anilines is 1. The van der Waals surface area contributed by atoms with Crippen LogP contribution in [0.25, 0.3) is 0 Å². The molecule has 1 aliphatic rings. The Labute approximate surface area is 101 Å². The van der Waals surface area contributed by atoms with E-state index in [1.54, 1.807) is 0 Å². The Morgan fingerprint density at radius 1 is 1.28 bits per heavy atom. The first-order valence-electron chi connectivity index (χ1n) is 5.41. The number of alkyl halides is 3. The van der Waals surface area contributed by atoms with Crippen molar-refractivity contribution in [1.29, 1.82) is 0 Å². The number of nitrogens with two attached hydrogens (primary N) is 1. The summed E-state index contributed by atoms with van der Waals surface area (Å²) in [5, 5.41) is 0. The van der Waals surface area contributed by atoms with Crippen molar-refractivity contribution < 1.29 is 22.6 Å². The van der Waals surface area contributed by atoms with Gasteiger partial charge in [-0.3, -0.25) is 0 Å². The lowest BCUT2D eigenvalue weighted by molar-refractivity contribution is -0.141. The van der Waals surface area contributed by atoms with E-state index in [-0.39, 0.29) is 12.0 Å². The fourth-order valence-corrected chi connectivity index (χ4v) is 1.61. The monoisotopic (exact) mass is 263 g/mol. The maximum Gasteiger partial charge on any atom is 0.433 e. The van der Waals surface area contributed by atoms with Gasteiger partial charge in [0.25, 0.3) is 0 Å². The van der Waals surface area contributed by atoms with E-state index in [0.29, 0.717) is 26.1 Å². The van der Waals surface area contributed by atoms with Crippen LogP contribution in [0.2, 0.25) is 0 Å². The number of hydrogen-bond acceptors (Lipinski definition) is 5. The highest BCUT2D eigenvalue weighted by Crippen LogP contribution is 2.30. The van der Waals surface area contributed by atoms with Crippen LogP contribution < -0.4 is 10.5 Å². The second kappa shape index (κ2) is 4.97. The van der Waals surface area contributed by atoms with Gasteiger partial charge in [0, 0.05) is 18.9 Å². The van der Waals surface area contributed by atoms with E-state index in [0.717, 1.165) is 6.07 Å². The average Bonchev–Trinajstić information content (AvgIpc) is 2.28. The third kappa shape index (κ3) is 3.22. The van der Waals surface area contributed by atoms with Crippen molar-refractivity contribution in [3.8, 4) is 5.88 Å². The zero-order valence-corrected chi connectivity index (χ0v) is 9.41. The lowest BCUT2D eigenvalue weighted by Gasteiger charge is -2.22. The maximum absolute atomic E-state index is 12.5. The predicted octanol–water partition coefficient (Wildman–Crippen LogP) is 1.64. The maximum atomic E-state index is 12.5. The highest BCUT2D eigenvalue weighted by atomic mass is 19.4. The largest absolute Gasteiger partial charge is 0.474 e. The second-order valence-electron chi connectivity index (χ2n) is 3.88. The standard InChI is InChI=1S/C10H12F3N3O2/c11-10(12,13)7-5-8(16-9(14)15-7)18-6-1-3-17-4-2-6/h5-6H,1-4H2,(H2,14,15,16). The van der Waals surface area contributed by atoms with E-state index in [4.69, 9.17) is 15.2 Å². The van der Waals surface area contributed by atoms with Gasteiger partial charge in [0.15, 0.2) is 5.69 Å². The molecule has 1 aromatic rings. The smallest absolute Gasteiger partial charge is 0.433 e. The molecule has 0 aromatic carbocycles. The van der Waals surface area contributed by atoms with Crippen LogP contribution in [0, 0.1) is 0 Å². The van der Waals surface area contributed by atoms with Crippen LogP contribution in [0.3, 0.4) is 0 Å². The van der Waals surface area contributed by atoms with Gasteiger partial charge in [-0.15, -0.1) is 0 Å². The van der Waals surface area contributed by atoms with Gasteiger partial charge in [0.1, 0.15) is 6.10 Å².